The zero-order valence-corrected chi connectivity index (χ0v) is 10.8. The van der Waals surface area contributed by atoms with Crippen molar-refractivity contribution in [1.29, 1.82) is 0 Å². The van der Waals surface area contributed by atoms with Gasteiger partial charge in [-0.2, -0.15) is 0 Å². The van der Waals surface area contributed by atoms with Gasteiger partial charge in [-0.15, -0.1) is 0 Å². The third kappa shape index (κ3) is 2.90. The molecule has 0 fully saturated rings. The molecule has 18 heavy (non-hydrogen) atoms. The van der Waals surface area contributed by atoms with Crippen LogP contribution in [0.25, 0.3) is 0 Å². The second-order valence-corrected chi connectivity index (χ2v) is 4.42. The summed E-state index contributed by atoms with van der Waals surface area (Å²) in [5.41, 5.74) is 2.72. The van der Waals surface area contributed by atoms with E-state index in [2.05, 4.69) is 5.16 Å². The molecular weight excluding hydrogens is 230 g/mol. The monoisotopic (exact) mass is 247 g/mol. The van der Waals surface area contributed by atoms with E-state index in [1.165, 1.54) is 0 Å². The molecule has 0 spiro atoms. The van der Waals surface area contributed by atoms with Crippen molar-refractivity contribution in [3.8, 4) is 5.75 Å². The molecule has 1 unspecified atom stereocenters. The minimum Gasteiger partial charge on any atom is -0.485 e. The predicted molar refractivity (Wildman–Crippen MR) is 67.4 cm³/mol. The molecule has 1 aromatic heterocycles. The van der Waals surface area contributed by atoms with Crippen LogP contribution >= 0.6 is 0 Å². The molecule has 4 heteroatoms. The summed E-state index contributed by atoms with van der Waals surface area (Å²) in [5, 5.41) is 13.3. The Morgan fingerprint density at radius 3 is 2.67 bits per heavy atom. The van der Waals surface area contributed by atoms with Crippen molar-refractivity contribution in [2.24, 2.45) is 0 Å². The van der Waals surface area contributed by atoms with E-state index < -0.39 is 6.10 Å². The highest BCUT2D eigenvalue weighted by Crippen LogP contribution is 2.23. The Morgan fingerprint density at radius 1 is 1.33 bits per heavy atom. The number of ether oxygens (including phenoxy) is 1. The van der Waals surface area contributed by atoms with Crippen molar-refractivity contribution < 1.29 is 14.4 Å². The lowest BCUT2D eigenvalue weighted by atomic mass is 10.1. The van der Waals surface area contributed by atoms with Crippen LogP contribution in [0.2, 0.25) is 0 Å². The van der Waals surface area contributed by atoms with E-state index in [0.717, 1.165) is 22.6 Å². The van der Waals surface area contributed by atoms with Gasteiger partial charge in [0.15, 0.2) is 5.76 Å². The number of aliphatic hydroxyl groups excluding tert-OH is 1. The summed E-state index contributed by atoms with van der Waals surface area (Å²) in [6.07, 6.45) is -0.463. The standard InChI is InChI=1S/C14H17NO3/c1-9-6-12(11(3)16)4-5-14(9)17-8-13-7-10(2)15-18-13/h4-7,11,16H,8H2,1-3H3. The van der Waals surface area contributed by atoms with Crippen LogP contribution in [0.4, 0.5) is 0 Å². The molecule has 1 atom stereocenters. The van der Waals surface area contributed by atoms with Crippen LogP contribution in [0, 0.1) is 13.8 Å². The summed E-state index contributed by atoms with van der Waals surface area (Å²) in [6, 6.07) is 7.49. The van der Waals surface area contributed by atoms with Gasteiger partial charge in [-0.3, -0.25) is 0 Å². The fourth-order valence-corrected chi connectivity index (χ4v) is 1.73. The summed E-state index contributed by atoms with van der Waals surface area (Å²) < 4.78 is 10.7. The normalized spacial score (nSPS) is 12.4. The number of hydrogen-bond acceptors (Lipinski definition) is 4. The summed E-state index contributed by atoms with van der Waals surface area (Å²) in [7, 11) is 0. The Hall–Kier alpha value is -1.81. The number of nitrogens with zero attached hydrogens (tertiary/aromatic N) is 1. The van der Waals surface area contributed by atoms with Crippen LogP contribution in [0.1, 0.15) is 35.6 Å². The molecule has 0 bridgehead atoms. The Balaban J connectivity index is 2.05. The highest BCUT2D eigenvalue weighted by molar-refractivity contribution is 5.37. The fourth-order valence-electron chi connectivity index (χ4n) is 1.73. The van der Waals surface area contributed by atoms with Gasteiger partial charge >= 0.3 is 0 Å². The third-order valence-electron chi connectivity index (χ3n) is 2.73. The maximum atomic E-state index is 9.49. The molecule has 1 heterocycles. The van der Waals surface area contributed by atoms with Gasteiger partial charge in [-0.05, 0) is 44.0 Å². The van der Waals surface area contributed by atoms with E-state index in [4.69, 9.17) is 9.26 Å². The van der Waals surface area contributed by atoms with Gasteiger partial charge in [0.2, 0.25) is 0 Å². The van der Waals surface area contributed by atoms with E-state index in [9.17, 15) is 5.11 Å². The largest absolute Gasteiger partial charge is 0.485 e. The first-order valence-electron chi connectivity index (χ1n) is 5.90. The van der Waals surface area contributed by atoms with Crippen molar-refractivity contribution in [2.45, 2.75) is 33.5 Å². The first-order valence-corrected chi connectivity index (χ1v) is 5.90. The second kappa shape index (κ2) is 5.23. The zero-order valence-electron chi connectivity index (χ0n) is 10.8. The van der Waals surface area contributed by atoms with Gasteiger partial charge in [0.05, 0.1) is 11.8 Å². The van der Waals surface area contributed by atoms with E-state index in [-0.39, 0.29) is 0 Å². The topological polar surface area (TPSA) is 55.5 Å². The molecule has 0 aliphatic carbocycles. The Kier molecular flexibility index (Phi) is 3.67. The maximum Gasteiger partial charge on any atom is 0.174 e. The molecular formula is C14H17NO3. The summed E-state index contributed by atoms with van der Waals surface area (Å²) in [5.74, 6) is 1.49. The van der Waals surface area contributed by atoms with Crippen molar-refractivity contribution in [2.75, 3.05) is 0 Å². The van der Waals surface area contributed by atoms with Gasteiger partial charge in [-0.1, -0.05) is 11.2 Å². The van der Waals surface area contributed by atoms with Gasteiger partial charge < -0.3 is 14.4 Å². The van der Waals surface area contributed by atoms with Crippen molar-refractivity contribution in [3.63, 3.8) is 0 Å². The smallest absolute Gasteiger partial charge is 0.174 e. The molecule has 0 aliphatic rings. The molecule has 0 radical (unpaired) electrons. The zero-order chi connectivity index (χ0) is 13.1. The van der Waals surface area contributed by atoms with Crippen LogP contribution in [0.15, 0.2) is 28.8 Å². The summed E-state index contributed by atoms with van der Waals surface area (Å²) in [4.78, 5) is 0. The molecule has 2 aromatic rings. The summed E-state index contributed by atoms with van der Waals surface area (Å²) >= 11 is 0. The van der Waals surface area contributed by atoms with Crippen LogP contribution in [-0.2, 0) is 6.61 Å². The minimum absolute atomic E-state index is 0.357. The second-order valence-electron chi connectivity index (χ2n) is 4.42. The molecule has 0 saturated carbocycles. The van der Waals surface area contributed by atoms with Gasteiger partial charge in [0.1, 0.15) is 12.4 Å². The van der Waals surface area contributed by atoms with Gasteiger partial charge in [-0.25, -0.2) is 0 Å². The van der Waals surface area contributed by atoms with E-state index in [1.807, 2.05) is 38.1 Å². The van der Waals surface area contributed by atoms with E-state index >= 15 is 0 Å². The lowest BCUT2D eigenvalue weighted by Crippen LogP contribution is -1.98. The van der Waals surface area contributed by atoms with Crippen LogP contribution < -0.4 is 4.74 Å². The first-order chi connectivity index (χ1) is 8.56. The number of rotatable bonds is 4. The maximum absolute atomic E-state index is 9.49. The molecule has 0 aliphatic heterocycles. The number of benzene rings is 1. The van der Waals surface area contributed by atoms with Crippen LogP contribution in [0.5, 0.6) is 5.75 Å². The van der Waals surface area contributed by atoms with Gasteiger partial charge in [0, 0.05) is 6.07 Å². The number of aliphatic hydroxyl groups is 1. The van der Waals surface area contributed by atoms with Crippen LogP contribution in [0.3, 0.4) is 0 Å². The third-order valence-corrected chi connectivity index (χ3v) is 2.73. The number of aromatic nitrogens is 1. The SMILES string of the molecule is Cc1cc(COc2ccc(C(C)O)cc2C)on1. The Bertz CT molecular complexity index is 532. The molecule has 2 rings (SSSR count). The Morgan fingerprint density at radius 2 is 2.11 bits per heavy atom. The highest BCUT2D eigenvalue weighted by atomic mass is 16.5. The molecule has 4 nitrogen and oxygen atoms in total. The molecule has 0 saturated heterocycles. The average Bonchev–Trinajstić information content (AvgIpc) is 2.73. The average molecular weight is 247 g/mol. The number of hydrogen-bond donors (Lipinski definition) is 1. The quantitative estimate of drug-likeness (QED) is 0.902. The lowest BCUT2D eigenvalue weighted by Gasteiger charge is -2.10. The molecule has 96 valence electrons. The van der Waals surface area contributed by atoms with Crippen molar-refractivity contribution in [3.05, 3.63) is 46.8 Å². The lowest BCUT2D eigenvalue weighted by molar-refractivity contribution is 0.199. The molecule has 0 amide bonds. The first kappa shape index (κ1) is 12.6. The van der Waals surface area contributed by atoms with Crippen LogP contribution in [-0.4, -0.2) is 10.3 Å². The highest BCUT2D eigenvalue weighted by Gasteiger charge is 2.07. The predicted octanol–water partition coefficient (Wildman–Crippen LogP) is 2.92. The minimum atomic E-state index is -0.463. The number of aryl methyl sites for hydroxylation is 2. The van der Waals surface area contributed by atoms with Crippen molar-refractivity contribution in [1.82, 2.24) is 5.16 Å². The summed E-state index contributed by atoms with van der Waals surface area (Å²) in [6.45, 7) is 5.92. The van der Waals surface area contributed by atoms with Gasteiger partial charge in [0.25, 0.3) is 0 Å². The van der Waals surface area contributed by atoms with E-state index in [1.54, 1.807) is 6.92 Å². The van der Waals surface area contributed by atoms with E-state index in [0.29, 0.717) is 12.4 Å². The molecule has 1 aromatic carbocycles. The van der Waals surface area contributed by atoms with Crippen molar-refractivity contribution >= 4 is 0 Å². The fraction of sp³-hybridized carbons (Fsp3) is 0.357. The Labute approximate surface area is 106 Å². The molecule has 1 N–H and O–H groups in total.